The fraction of sp³-hybridized carbons (Fsp3) is 0.440. The van der Waals surface area contributed by atoms with Crippen molar-refractivity contribution in [1.29, 1.82) is 0 Å². The number of fused-ring (bicyclic) bond motifs is 1. The van der Waals surface area contributed by atoms with Gasteiger partial charge < -0.3 is 25.4 Å². The summed E-state index contributed by atoms with van der Waals surface area (Å²) in [5, 5.41) is 17.5. The van der Waals surface area contributed by atoms with Crippen molar-refractivity contribution in [3.05, 3.63) is 54.1 Å². The predicted molar refractivity (Wildman–Crippen MR) is 126 cm³/mol. The predicted octanol–water partition coefficient (Wildman–Crippen LogP) is 1.86. The minimum atomic E-state index is -2.18. The fourth-order valence-electron chi connectivity index (χ4n) is 4.69. The fourth-order valence-corrected chi connectivity index (χ4v) is 4.69. The van der Waals surface area contributed by atoms with Crippen LogP contribution in [0.5, 0.6) is 5.75 Å². The molecule has 2 aromatic rings. The first kappa shape index (κ1) is 23.1. The number of anilines is 2. The number of quaternary nitrogens is 1. The number of aliphatic hydroxyl groups is 1. The Bertz CT molecular complexity index is 975. The summed E-state index contributed by atoms with van der Waals surface area (Å²) in [6.07, 6.45) is 4.62. The van der Waals surface area contributed by atoms with Gasteiger partial charge in [-0.15, -0.1) is 0 Å². The van der Waals surface area contributed by atoms with Crippen molar-refractivity contribution in [2.45, 2.75) is 38.3 Å². The van der Waals surface area contributed by atoms with Crippen molar-refractivity contribution in [1.82, 2.24) is 5.32 Å². The topological polar surface area (TPSA) is 95.3 Å². The molecule has 0 aliphatic carbocycles. The van der Waals surface area contributed by atoms with Crippen LogP contribution in [0.4, 0.5) is 16.2 Å². The molecule has 1 saturated heterocycles. The van der Waals surface area contributed by atoms with E-state index in [0.29, 0.717) is 35.8 Å². The molecule has 33 heavy (non-hydrogen) atoms. The van der Waals surface area contributed by atoms with E-state index < -0.39 is 17.7 Å². The van der Waals surface area contributed by atoms with Crippen LogP contribution in [0.15, 0.2) is 48.5 Å². The number of urea groups is 1. The highest BCUT2D eigenvalue weighted by Crippen LogP contribution is 2.40. The lowest BCUT2D eigenvalue weighted by atomic mass is 9.94. The molecule has 2 heterocycles. The Labute approximate surface area is 194 Å². The van der Waals surface area contributed by atoms with Crippen LogP contribution in [-0.2, 0) is 10.5 Å². The molecule has 0 spiro atoms. The number of ether oxygens (including phenoxy) is 1. The maximum Gasteiger partial charge on any atom is 0.329 e. The molecular weight excluding hydrogens is 420 g/mol. The van der Waals surface area contributed by atoms with Gasteiger partial charge in [0.15, 0.2) is 0 Å². The van der Waals surface area contributed by atoms with Crippen LogP contribution in [-0.4, -0.2) is 49.8 Å². The van der Waals surface area contributed by atoms with Crippen LogP contribution in [0.1, 0.15) is 38.2 Å². The highest BCUT2D eigenvalue weighted by Gasteiger charge is 2.51. The van der Waals surface area contributed by atoms with Gasteiger partial charge in [0.05, 0.1) is 31.9 Å². The molecule has 0 radical (unpaired) electrons. The highest BCUT2D eigenvalue weighted by atomic mass is 16.5. The smallest absolute Gasteiger partial charge is 0.329 e. The van der Waals surface area contributed by atoms with Gasteiger partial charge in [-0.25, -0.2) is 4.79 Å². The lowest BCUT2D eigenvalue weighted by Gasteiger charge is -2.42. The largest absolute Gasteiger partial charge is 0.494 e. The number of amides is 3. The Morgan fingerprint density at radius 2 is 1.88 bits per heavy atom. The van der Waals surface area contributed by atoms with Crippen LogP contribution in [0.3, 0.4) is 0 Å². The second-order valence-electron chi connectivity index (χ2n) is 8.58. The molecular formula is C25H33N4O4+. The third kappa shape index (κ3) is 4.82. The number of hydrogen-bond acceptors (Lipinski definition) is 4. The second kappa shape index (κ2) is 10.2. The summed E-state index contributed by atoms with van der Waals surface area (Å²) in [6, 6.07) is 13.0. The average molecular weight is 454 g/mol. The Morgan fingerprint density at radius 3 is 2.61 bits per heavy atom. The molecule has 0 aromatic heterocycles. The number of nitrogens with zero attached hydrogens (tertiary/aromatic N) is 1. The number of likely N-dealkylation sites (tertiary alicyclic amines) is 1. The molecule has 1 atom stereocenters. The number of hydrogen-bond donors (Lipinski definition) is 4. The van der Waals surface area contributed by atoms with E-state index in [1.54, 1.807) is 53.4 Å². The molecule has 2 aliphatic heterocycles. The van der Waals surface area contributed by atoms with Crippen LogP contribution >= 0.6 is 0 Å². The van der Waals surface area contributed by atoms with Gasteiger partial charge in [0.1, 0.15) is 5.75 Å². The number of para-hydroxylation sites is 1. The van der Waals surface area contributed by atoms with Gasteiger partial charge in [-0.05, 0) is 56.5 Å². The highest BCUT2D eigenvalue weighted by molar-refractivity contribution is 6.11. The molecule has 4 rings (SSSR count). The first-order valence-electron chi connectivity index (χ1n) is 11.8. The molecule has 8 nitrogen and oxygen atoms in total. The summed E-state index contributed by atoms with van der Waals surface area (Å²) in [7, 11) is 0. The summed E-state index contributed by atoms with van der Waals surface area (Å²) in [6.45, 7) is 6.18. The van der Waals surface area contributed by atoms with Gasteiger partial charge in [-0.3, -0.25) is 9.69 Å². The maximum atomic E-state index is 13.4. The Hall–Kier alpha value is -3.10. The van der Waals surface area contributed by atoms with E-state index in [9.17, 15) is 14.7 Å². The Balaban J connectivity index is 1.56. The number of carbonyl (C=O) groups is 2. The number of piperidine rings is 1. The molecule has 1 unspecified atom stereocenters. The third-order valence-corrected chi connectivity index (χ3v) is 6.35. The van der Waals surface area contributed by atoms with E-state index in [1.807, 2.05) is 6.92 Å². The summed E-state index contributed by atoms with van der Waals surface area (Å²) >= 11 is 0. The maximum absolute atomic E-state index is 13.4. The standard InChI is InChI=1S/C25H32N4O4/c1-2-33-20-13-11-19(12-14-20)29-24(31)27-22-10-5-4-9-21(22)25(29,32)23(30)26-15-8-18-28-16-6-3-7-17-28/h4-5,9-14,32H,2-3,6-8,15-18H2,1H3,(H,26,30)(H,27,31)/p+1. The molecule has 8 heteroatoms. The van der Waals surface area contributed by atoms with E-state index in [0.717, 1.165) is 17.9 Å². The molecule has 2 aromatic carbocycles. The molecule has 176 valence electrons. The quantitative estimate of drug-likeness (QED) is 0.459. The molecule has 0 saturated carbocycles. The monoisotopic (exact) mass is 453 g/mol. The van der Waals surface area contributed by atoms with Crippen LogP contribution in [0.25, 0.3) is 0 Å². The van der Waals surface area contributed by atoms with Crippen LogP contribution in [0.2, 0.25) is 0 Å². The van der Waals surface area contributed by atoms with E-state index >= 15 is 0 Å². The third-order valence-electron chi connectivity index (χ3n) is 6.35. The van der Waals surface area contributed by atoms with Gasteiger partial charge in [0.25, 0.3) is 11.6 Å². The summed E-state index contributed by atoms with van der Waals surface area (Å²) in [5.41, 5.74) is -1.04. The van der Waals surface area contributed by atoms with Gasteiger partial charge in [0, 0.05) is 24.2 Å². The van der Waals surface area contributed by atoms with Gasteiger partial charge in [-0.2, -0.15) is 0 Å². The van der Waals surface area contributed by atoms with Crippen LogP contribution < -0.4 is 25.2 Å². The SMILES string of the molecule is CCOc1ccc(N2C(=O)Nc3ccccc3C2(O)C(=O)NCCC[NH+]2CCCCC2)cc1. The number of nitrogens with one attached hydrogen (secondary N) is 3. The van der Waals surface area contributed by atoms with E-state index in [-0.39, 0.29) is 0 Å². The second-order valence-corrected chi connectivity index (χ2v) is 8.58. The molecule has 3 amide bonds. The number of carbonyl (C=O) groups excluding carboxylic acids is 2. The minimum Gasteiger partial charge on any atom is -0.494 e. The summed E-state index contributed by atoms with van der Waals surface area (Å²) < 4.78 is 5.48. The molecule has 4 N–H and O–H groups in total. The van der Waals surface area contributed by atoms with E-state index in [4.69, 9.17) is 4.74 Å². The average Bonchev–Trinajstić information content (AvgIpc) is 2.83. The molecule has 2 aliphatic rings. The Morgan fingerprint density at radius 1 is 1.15 bits per heavy atom. The normalized spacial score (nSPS) is 20.7. The first-order chi connectivity index (χ1) is 16.0. The van der Waals surface area contributed by atoms with Gasteiger partial charge >= 0.3 is 6.03 Å². The lowest BCUT2D eigenvalue weighted by Crippen LogP contribution is -3.12. The van der Waals surface area contributed by atoms with Crippen molar-refractivity contribution in [2.24, 2.45) is 0 Å². The molecule has 0 bridgehead atoms. The zero-order valence-corrected chi connectivity index (χ0v) is 19.1. The lowest BCUT2D eigenvalue weighted by molar-refractivity contribution is -0.905. The minimum absolute atomic E-state index is 0.331. The van der Waals surface area contributed by atoms with E-state index in [1.165, 1.54) is 32.4 Å². The van der Waals surface area contributed by atoms with Crippen molar-refractivity contribution < 1.29 is 24.3 Å². The van der Waals surface area contributed by atoms with Crippen molar-refractivity contribution in [2.75, 3.05) is 43.0 Å². The zero-order valence-electron chi connectivity index (χ0n) is 19.1. The van der Waals surface area contributed by atoms with Crippen molar-refractivity contribution in [3.8, 4) is 5.75 Å². The van der Waals surface area contributed by atoms with Crippen molar-refractivity contribution in [3.63, 3.8) is 0 Å². The van der Waals surface area contributed by atoms with Crippen LogP contribution in [0, 0.1) is 0 Å². The zero-order chi connectivity index (χ0) is 23.3. The first-order valence-corrected chi connectivity index (χ1v) is 11.8. The summed E-state index contributed by atoms with van der Waals surface area (Å²) in [5.74, 6) is 0.0274. The number of benzene rings is 2. The van der Waals surface area contributed by atoms with Crippen molar-refractivity contribution >= 4 is 23.3 Å². The number of rotatable bonds is 8. The van der Waals surface area contributed by atoms with Gasteiger partial charge in [0.2, 0.25) is 0 Å². The van der Waals surface area contributed by atoms with E-state index in [2.05, 4.69) is 10.6 Å². The van der Waals surface area contributed by atoms with Gasteiger partial charge in [-0.1, -0.05) is 18.2 Å². The summed E-state index contributed by atoms with van der Waals surface area (Å²) in [4.78, 5) is 29.2. The Kier molecular flexibility index (Phi) is 7.15. The molecule has 1 fully saturated rings.